The minimum Gasteiger partial charge on any atom is -0.497 e. The van der Waals surface area contributed by atoms with E-state index in [9.17, 15) is 4.79 Å². The van der Waals surface area contributed by atoms with Crippen LogP contribution in [0, 0.1) is 0 Å². The van der Waals surface area contributed by atoms with Gasteiger partial charge < -0.3 is 15.4 Å². The van der Waals surface area contributed by atoms with Gasteiger partial charge in [-0.15, -0.1) is 11.3 Å². The molecule has 0 spiro atoms. The van der Waals surface area contributed by atoms with Crippen LogP contribution in [-0.2, 0) is 0 Å². The number of fused-ring (bicyclic) bond motifs is 2. The molecule has 0 aliphatic carbocycles. The molecule has 2 aromatic rings. The lowest BCUT2D eigenvalue weighted by molar-refractivity contribution is 0.0935. The Morgan fingerprint density at radius 2 is 2.25 bits per heavy atom. The Bertz CT molecular complexity index is 746. The number of benzene rings is 1. The van der Waals surface area contributed by atoms with Crippen LogP contribution in [0.4, 0.5) is 0 Å². The van der Waals surface area contributed by atoms with Gasteiger partial charge in [-0.05, 0) is 49.6 Å². The molecule has 6 heteroatoms. The Morgan fingerprint density at radius 3 is 3.00 bits per heavy atom. The molecule has 2 N–H and O–H groups in total. The Hall–Kier alpha value is -1.50. The van der Waals surface area contributed by atoms with Crippen LogP contribution in [0.15, 0.2) is 45.5 Å². The van der Waals surface area contributed by atoms with Gasteiger partial charge in [0.25, 0.3) is 5.91 Å². The summed E-state index contributed by atoms with van der Waals surface area (Å²) in [6.45, 7) is 0. The maximum absolute atomic E-state index is 12.5. The van der Waals surface area contributed by atoms with Crippen molar-refractivity contribution in [2.45, 2.75) is 46.5 Å². The van der Waals surface area contributed by atoms with E-state index in [1.807, 2.05) is 36.4 Å². The van der Waals surface area contributed by atoms with Crippen LogP contribution >= 0.6 is 23.1 Å². The molecule has 0 radical (unpaired) electrons. The molecule has 1 aromatic carbocycles. The summed E-state index contributed by atoms with van der Waals surface area (Å²) in [6.07, 6.45) is 3.49. The van der Waals surface area contributed by atoms with Gasteiger partial charge >= 0.3 is 0 Å². The summed E-state index contributed by atoms with van der Waals surface area (Å²) in [6, 6.07) is 13.2. The van der Waals surface area contributed by atoms with E-state index in [2.05, 4.69) is 10.6 Å². The third-order valence-electron chi connectivity index (χ3n) is 4.68. The highest BCUT2D eigenvalue weighted by atomic mass is 32.2. The van der Waals surface area contributed by atoms with Crippen LogP contribution in [-0.4, -0.2) is 31.1 Å². The second kappa shape index (κ2) is 6.78. The van der Waals surface area contributed by atoms with E-state index in [4.69, 9.17) is 4.74 Å². The number of nitrogens with one attached hydrogen (secondary N) is 2. The second-order valence-corrected chi connectivity index (χ2v) is 8.72. The lowest BCUT2D eigenvalue weighted by Gasteiger charge is -2.20. The van der Waals surface area contributed by atoms with Gasteiger partial charge in [-0.1, -0.05) is 17.8 Å². The number of hydrogen-bond donors (Lipinski definition) is 2. The van der Waals surface area contributed by atoms with Crippen molar-refractivity contribution in [2.75, 3.05) is 7.11 Å². The summed E-state index contributed by atoms with van der Waals surface area (Å²) >= 11 is 3.20. The third-order valence-corrected chi connectivity index (χ3v) is 6.89. The Morgan fingerprint density at radius 1 is 1.33 bits per heavy atom. The van der Waals surface area contributed by atoms with E-state index in [0.29, 0.717) is 12.1 Å². The lowest BCUT2D eigenvalue weighted by atomic mass is 9.95. The third kappa shape index (κ3) is 3.31. The van der Waals surface area contributed by atoms with Crippen LogP contribution in [0.3, 0.4) is 0 Å². The van der Waals surface area contributed by atoms with Gasteiger partial charge in [0.1, 0.15) is 5.75 Å². The summed E-state index contributed by atoms with van der Waals surface area (Å²) in [5.74, 6) is 0.898. The first-order chi connectivity index (χ1) is 11.7. The number of methoxy groups -OCH3 is 1. The summed E-state index contributed by atoms with van der Waals surface area (Å²) in [7, 11) is 1.67. The second-order valence-electron chi connectivity index (χ2n) is 6.26. The fraction of sp³-hybridized carbons (Fsp3) is 0.389. The van der Waals surface area contributed by atoms with E-state index in [1.54, 1.807) is 30.2 Å². The molecule has 3 atom stereocenters. The van der Waals surface area contributed by atoms with Gasteiger partial charge in [0.2, 0.25) is 0 Å². The number of rotatable bonds is 5. The first-order valence-corrected chi connectivity index (χ1v) is 9.83. The highest BCUT2D eigenvalue weighted by Gasteiger charge is 2.39. The monoisotopic (exact) mass is 360 g/mol. The normalized spacial score (nSPS) is 25.0. The van der Waals surface area contributed by atoms with Crippen LogP contribution in [0.1, 0.15) is 28.9 Å². The molecule has 1 aromatic heterocycles. The fourth-order valence-electron chi connectivity index (χ4n) is 3.50. The zero-order valence-electron chi connectivity index (χ0n) is 13.5. The van der Waals surface area contributed by atoms with E-state index in [1.165, 1.54) is 12.8 Å². The maximum Gasteiger partial charge on any atom is 0.261 e. The fourth-order valence-corrected chi connectivity index (χ4v) is 5.56. The van der Waals surface area contributed by atoms with Crippen molar-refractivity contribution in [1.29, 1.82) is 0 Å². The summed E-state index contributed by atoms with van der Waals surface area (Å²) in [5, 5.41) is 6.76. The molecular formula is C18H20N2O2S2. The Kier molecular flexibility index (Phi) is 4.52. The number of carbonyl (C=O) groups is 1. The van der Waals surface area contributed by atoms with Crippen molar-refractivity contribution in [3.63, 3.8) is 0 Å². The minimum atomic E-state index is 0.0526. The maximum atomic E-state index is 12.5. The molecule has 2 bridgehead atoms. The molecule has 0 saturated carbocycles. The highest BCUT2D eigenvalue weighted by molar-refractivity contribution is 8.01. The first kappa shape index (κ1) is 16.0. The molecule has 24 heavy (non-hydrogen) atoms. The van der Waals surface area contributed by atoms with Crippen molar-refractivity contribution in [3.05, 3.63) is 41.3 Å². The van der Waals surface area contributed by atoms with Gasteiger partial charge in [-0.3, -0.25) is 4.79 Å². The number of hydrogen-bond acceptors (Lipinski definition) is 5. The molecule has 4 nitrogen and oxygen atoms in total. The van der Waals surface area contributed by atoms with Gasteiger partial charge in [-0.25, -0.2) is 0 Å². The molecular weight excluding hydrogens is 340 g/mol. The quantitative estimate of drug-likeness (QED) is 0.856. The number of amides is 1. The van der Waals surface area contributed by atoms with E-state index in [-0.39, 0.29) is 11.9 Å². The average molecular weight is 361 g/mol. The van der Waals surface area contributed by atoms with E-state index >= 15 is 0 Å². The van der Waals surface area contributed by atoms with Crippen LogP contribution in [0.2, 0.25) is 0 Å². The lowest BCUT2D eigenvalue weighted by Crippen LogP contribution is -2.42. The number of thiophene rings is 1. The smallest absolute Gasteiger partial charge is 0.261 e. The summed E-state index contributed by atoms with van der Waals surface area (Å²) in [4.78, 5) is 14.4. The molecule has 2 aliphatic heterocycles. The van der Waals surface area contributed by atoms with Gasteiger partial charge in [0.15, 0.2) is 0 Å². The number of carbonyl (C=O) groups excluding carboxylic acids is 1. The Balaban J connectivity index is 1.39. The molecule has 4 rings (SSSR count). The van der Waals surface area contributed by atoms with Crippen LogP contribution in [0.5, 0.6) is 5.75 Å². The molecule has 2 fully saturated rings. The average Bonchev–Trinajstić information content (AvgIpc) is 3.31. The number of ether oxygens (including phenoxy) is 1. The van der Waals surface area contributed by atoms with Crippen molar-refractivity contribution in [2.24, 2.45) is 0 Å². The van der Waals surface area contributed by atoms with Gasteiger partial charge in [0.05, 0.1) is 16.2 Å². The first-order valence-electron chi connectivity index (χ1n) is 8.20. The standard InChI is InChI=1S/C18H20N2O2S2/c1-22-12-3-2-4-13(10-12)23-17-8-7-16(24-17)18(21)20-15-9-11-5-6-14(15)19-11/h2-4,7-8,10-11,14-15,19H,5-6,9H2,1H3,(H,20,21). The molecule has 2 saturated heterocycles. The van der Waals surface area contributed by atoms with Gasteiger partial charge in [0, 0.05) is 23.0 Å². The summed E-state index contributed by atoms with van der Waals surface area (Å²) < 4.78 is 6.37. The van der Waals surface area contributed by atoms with Crippen molar-refractivity contribution in [1.82, 2.24) is 10.6 Å². The van der Waals surface area contributed by atoms with Crippen LogP contribution in [0.25, 0.3) is 0 Å². The van der Waals surface area contributed by atoms with Gasteiger partial charge in [-0.2, -0.15) is 0 Å². The molecule has 2 aliphatic rings. The molecule has 3 heterocycles. The topological polar surface area (TPSA) is 50.4 Å². The van der Waals surface area contributed by atoms with Crippen molar-refractivity contribution < 1.29 is 9.53 Å². The molecule has 3 unspecified atom stereocenters. The summed E-state index contributed by atoms with van der Waals surface area (Å²) in [5.41, 5.74) is 0. The molecule has 126 valence electrons. The largest absolute Gasteiger partial charge is 0.497 e. The minimum absolute atomic E-state index is 0.0526. The molecule has 1 amide bonds. The van der Waals surface area contributed by atoms with Crippen molar-refractivity contribution in [3.8, 4) is 5.75 Å². The zero-order valence-corrected chi connectivity index (χ0v) is 15.1. The zero-order chi connectivity index (χ0) is 16.5. The Labute approximate surface area is 150 Å². The van der Waals surface area contributed by atoms with Crippen LogP contribution < -0.4 is 15.4 Å². The van der Waals surface area contributed by atoms with E-state index < -0.39 is 0 Å². The van der Waals surface area contributed by atoms with E-state index in [0.717, 1.165) is 26.2 Å². The predicted molar refractivity (Wildman–Crippen MR) is 97.3 cm³/mol. The SMILES string of the molecule is COc1cccc(Sc2ccc(C(=O)NC3CC4CCC3N4)s2)c1. The van der Waals surface area contributed by atoms with Crippen molar-refractivity contribution >= 4 is 29.0 Å². The predicted octanol–water partition coefficient (Wildman–Crippen LogP) is 3.53. The highest BCUT2D eigenvalue weighted by Crippen LogP contribution is 2.35.